The summed E-state index contributed by atoms with van der Waals surface area (Å²) in [7, 11) is 0. The SMILES string of the molecule is O=C(O)c1ccc(-c2nn(C(=O)c3ccccc3C(F)(F)F)c3ccccc23)cc1. The maximum absolute atomic E-state index is 13.4. The fourth-order valence-electron chi connectivity index (χ4n) is 3.24. The number of aromatic carboxylic acids is 1. The summed E-state index contributed by atoms with van der Waals surface area (Å²) in [6, 6.07) is 17.1. The van der Waals surface area contributed by atoms with Crippen LogP contribution in [-0.2, 0) is 6.18 Å². The van der Waals surface area contributed by atoms with Gasteiger partial charge in [0.1, 0.15) is 5.69 Å². The largest absolute Gasteiger partial charge is 0.478 e. The maximum Gasteiger partial charge on any atom is 0.417 e. The molecule has 30 heavy (non-hydrogen) atoms. The molecule has 150 valence electrons. The third-order valence-electron chi connectivity index (χ3n) is 4.65. The number of nitrogens with zero attached hydrogens (tertiary/aromatic N) is 2. The first-order valence-corrected chi connectivity index (χ1v) is 8.80. The van der Waals surface area contributed by atoms with Gasteiger partial charge in [0, 0.05) is 10.9 Å². The summed E-state index contributed by atoms with van der Waals surface area (Å²) in [6.45, 7) is 0. The molecule has 0 saturated heterocycles. The van der Waals surface area contributed by atoms with Gasteiger partial charge < -0.3 is 5.11 Å². The van der Waals surface area contributed by atoms with Gasteiger partial charge in [-0.2, -0.15) is 23.0 Å². The molecule has 0 saturated carbocycles. The van der Waals surface area contributed by atoms with Gasteiger partial charge in [0.25, 0.3) is 5.91 Å². The van der Waals surface area contributed by atoms with Gasteiger partial charge in [-0.05, 0) is 30.3 Å². The van der Waals surface area contributed by atoms with E-state index in [0.29, 0.717) is 22.2 Å². The predicted octanol–water partition coefficient (Wildman–Crippen LogP) is 5.11. The van der Waals surface area contributed by atoms with Crippen LogP contribution in [0.4, 0.5) is 13.2 Å². The molecule has 0 atom stereocenters. The first-order chi connectivity index (χ1) is 14.3. The molecular formula is C22H13F3N2O3. The van der Waals surface area contributed by atoms with Gasteiger partial charge in [0.05, 0.1) is 22.2 Å². The van der Waals surface area contributed by atoms with Crippen LogP contribution in [0.1, 0.15) is 26.3 Å². The van der Waals surface area contributed by atoms with E-state index in [1.807, 2.05) is 0 Å². The zero-order valence-electron chi connectivity index (χ0n) is 15.2. The average molecular weight is 410 g/mol. The summed E-state index contributed by atoms with van der Waals surface area (Å²) >= 11 is 0. The van der Waals surface area contributed by atoms with E-state index in [9.17, 15) is 22.8 Å². The lowest BCUT2D eigenvalue weighted by Gasteiger charge is -2.11. The number of hydrogen-bond donors (Lipinski definition) is 1. The monoisotopic (exact) mass is 410 g/mol. The Balaban J connectivity index is 1.88. The molecule has 0 bridgehead atoms. The number of carboxylic acids is 1. The summed E-state index contributed by atoms with van der Waals surface area (Å²) in [5.74, 6) is -2.00. The Hall–Kier alpha value is -3.94. The Labute approximate surface area is 168 Å². The quantitative estimate of drug-likeness (QED) is 0.510. The van der Waals surface area contributed by atoms with E-state index in [2.05, 4.69) is 5.10 Å². The summed E-state index contributed by atoms with van der Waals surface area (Å²) in [5, 5.41) is 13.9. The van der Waals surface area contributed by atoms with Gasteiger partial charge >= 0.3 is 12.1 Å². The number of hydrogen-bond acceptors (Lipinski definition) is 3. The second-order valence-electron chi connectivity index (χ2n) is 6.51. The number of carboxylic acid groups (broad SMARTS) is 1. The number of para-hydroxylation sites is 1. The minimum Gasteiger partial charge on any atom is -0.478 e. The molecular weight excluding hydrogens is 397 g/mol. The average Bonchev–Trinajstić information content (AvgIpc) is 3.12. The Morgan fingerprint density at radius 3 is 2.17 bits per heavy atom. The molecule has 0 radical (unpaired) electrons. The lowest BCUT2D eigenvalue weighted by Crippen LogP contribution is -2.19. The highest BCUT2D eigenvalue weighted by Gasteiger charge is 2.35. The summed E-state index contributed by atoms with van der Waals surface area (Å²) in [6.07, 6.45) is -4.69. The number of rotatable bonds is 3. The second kappa shape index (κ2) is 7.14. The van der Waals surface area contributed by atoms with Crippen molar-refractivity contribution in [1.29, 1.82) is 0 Å². The lowest BCUT2D eigenvalue weighted by atomic mass is 10.1. The molecule has 1 heterocycles. The van der Waals surface area contributed by atoms with E-state index < -0.39 is 29.2 Å². The van der Waals surface area contributed by atoms with Gasteiger partial charge in [-0.15, -0.1) is 0 Å². The molecule has 3 aromatic carbocycles. The van der Waals surface area contributed by atoms with Crippen LogP contribution < -0.4 is 0 Å². The van der Waals surface area contributed by atoms with E-state index in [1.165, 1.54) is 36.4 Å². The van der Waals surface area contributed by atoms with E-state index in [0.717, 1.165) is 16.8 Å². The topological polar surface area (TPSA) is 72.2 Å². The van der Waals surface area contributed by atoms with E-state index in [-0.39, 0.29) is 5.56 Å². The van der Waals surface area contributed by atoms with Crippen molar-refractivity contribution in [2.75, 3.05) is 0 Å². The second-order valence-corrected chi connectivity index (χ2v) is 6.51. The third-order valence-corrected chi connectivity index (χ3v) is 4.65. The van der Waals surface area contributed by atoms with Crippen LogP contribution in [0, 0.1) is 0 Å². The molecule has 0 aliphatic rings. The van der Waals surface area contributed by atoms with Crippen LogP contribution in [0.25, 0.3) is 22.2 Å². The van der Waals surface area contributed by atoms with Crippen LogP contribution in [0.15, 0.2) is 72.8 Å². The minimum atomic E-state index is -4.69. The van der Waals surface area contributed by atoms with E-state index in [4.69, 9.17) is 5.11 Å². The zero-order valence-corrected chi connectivity index (χ0v) is 15.2. The van der Waals surface area contributed by atoms with Crippen LogP contribution in [0.3, 0.4) is 0 Å². The Kier molecular flexibility index (Phi) is 4.62. The highest BCUT2D eigenvalue weighted by Crippen LogP contribution is 2.33. The fraction of sp³-hybridized carbons (Fsp3) is 0.0455. The number of fused-ring (bicyclic) bond motifs is 1. The number of carbonyl (C=O) groups excluding carboxylic acids is 1. The van der Waals surface area contributed by atoms with Crippen LogP contribution in [-0.4, -0.2) is 26.8 Å². The van der Waals surface area contributed by atoms with Crippen LogP contribution >= 0.6 is 0 Å². The number of carbonyl (C=O) groups is 2. The molecule has 4 rings (SSSR count). The van der Waals surface area contributed by atoms with Crippen LogP contribution in [0.2, 0.25) is 0 Å². The summed E-state index contributed by atoms with van der Waals surface area (Å²) < 4.78 is 41.1. The Morgan fingerprint density at radius 2 is 1.50 bits per heavy atom. The minimum absolute atomic E-state index is 0.0812. The van der Waals surface area contributed by atoms with Crippen molar-refractivity contribution in [1.82, 2.24) is 9.78 Å². The summed E-state index contributed by atoms with van der Waals surface area (Å²) in [5.41, 5.74) is -0.227. The Bertz CT molecular complexity index is 1280. The smallest absolute Gasteiger partial charge is 0.417 e. The normalized spacial score (nSPS) is 11.6. The predicted molar refractivity (Wildman–Crippen MR) is 103 cm³/mol. The fourth-order valence-corrected chi connectivity index (χ4v) is 3.24. The molecule has 0 unspecified atom stereocenters. The molecule has 8 heteroatoms. The van der Waals surface area contributed by atoms with Crippen molar-refractivity contribution in [2.45, 2.75) is 6.18 Å². The molecule has 5 nitrogen and oxygen atoms in total. The number of halogens is 3. The van der Waals surface area contributed by atoms with Crippen molar-refractivity contribution >= 4 is 22.8 Å². The first-order valence-electron chi connectivity index (χ1n) is 8.80. The third kappa shape index (κ3) is 3.32. The van der Waals surface area contributed by atoms with Crippen molar-refractivity contribution in [3.63, 3.8) is 0 Å². The van der Waals surface area contributed by atoms with Crippen molar-refractivity contribution in [3.8, 4) is 11.3 Å². The lowest BCUT2D eigenvalue weighted by molar-refractivity contribution is -0.137. The van der Waals surface area contributed by atoms with Gasteiger partial charge in [0.15, 0.2) is 0 Å². The van der Waals surface area contributed by atoms with Gasteiger partial charge in [-0.3, -0.25) is 4.79 Å². The molecule has 1 N–H and O–H groups in total. The molecule has 0 fully saturated rings. The molecule has 0 amide bonds. The van der Waals surface area contributed by atoms with Crippen LogP contribution in [0.5, 0.6) is 0 Å². The van der Waals surface area contributed by atoms with Crippen molar-refractivity contribution < 1.29 is 27.9 Å². The van der Waals surface area contributed by atoms with Gasteiger partial charge in [0.2, 0.25) is 0 Å². The van der Waals surface area contributed by atoms with Gasteiger partial charge in [-0.25, -0.2) is 4.79 Å². The van der Waals surface area contributed by atoms with E-state index >= 15 is 0 Å². The molecule has 0 spiro atoms. The zero-order chi connectivity index (χ0) is 21.5. The van der Waals surface area contributed by atoms with Gasteiger partial charge in [-0.1, -0.05) is 42.5 Å². The molecule has 0 aliphatic heterocycles. The maximum atomic E-state index is 13.4. The molecule has 4 aromatic rings. The van der Waals surface area contributed by atoms with E-state index in [1.54, 1.807) is 24.3 Å². The van der Waals surface area contributed by atoms with Crippen molar-refractivity contribution in [2.24, 2.45) is 0 Å². The molecule has 0 aliphatic carbocycles. The first kappa shape index (κ1) is 19.4. The number of benzene rings is 3. The highest BCUT2D eigenvalue weighted by molar-refractivity contribution is 6.05. The molecule has 1 aromatic heterocycles. The number of aromatic nitrogens is 2. The van der Waals surface area contributed by atoms with Crippen molar-refractivity contribution in [3.05, 3.63) is 89.5 Å². The Morgan fingerprint density at radius 1 is 0.867 bits per heavy atom. The highest BCUT2D eigenvalue weighted by atomic mass is 19.4. The standard InChI is InChI=1S/C22H13F3N2O3/c23-22(24,25)17-7-3-1-5-15(17)20(28)27-18-8-4-2-6-16(18)19(26-27)13-9-11-14(12-10-13)21(29)30/h1-12H,(H,29,30). The summed E-state index contributed by atoms with van der Waals surface area (Å²) in [4.78, 5) is 24.1. The number of alkyl halides is 3.